The highest BCUT2D eigenvalue weighted by Crippen LogP contribution is 2.32. The van der Waals surface area contributed by atoms with Crippen molar-refractivity contribution in [2.75, 3.05) is 5.73 Å². The summed E-state index contributed by atoms with van der Waals surface area (Å²) in [6.07, 6.45) is 1.68. The molecule has 4 nitrogen and oxygen atoms in total. The quantitative estimate of drug-likeness (QED) is 0.779. The van der Waals surface area contributed by atoms with Gasteiger partial charge in [0.2, 0.25) is 0 Å². The summed E-state index contributed by atoms with van der Waals surface area (Å²) in [6.45, 7) is 1.95. The van der Waals surface area contributed by atoms with E-state index in [4.69, 9.17) is 5.73 Å². The molecule has 21 heavy (non-hydrogen) atoms. The number of nitrogens with one attached hydrogen (secondary N) is 1. The number of nitrogens with two attached hydrogens (primary N) is 1. The first-order valence-corrected chi connectivity index (χ1v) is 7.47. The molecule has 0 spiro atoms. The molecule has 3 N–H and O–H groups in total. The SMILES string of the molecule is CC(NC(=O)c1sc2cccnc2c1N)c1ccccc1. The van der Waals surface area contributed by atoms with Crippen LogP contribution in [0.15, 0.2) is 48.7 Å². The van der Waals surface area contributed by atoms with E-state index >= 15 is 0 Å². The van der Waals surface area contributed by atoms with Gasteiger partial charge in [0.05, 0.1) is 16.4 Å². The summed E-state index contributed by atoms with van der Waals surface area (Å²) in [6, 6.07) is 13.5. The molecule has 1 aromatic carbocycles. The van der Waals surface area contributed by atoms with Crippen molar-refractivity contribution in [1.29, 1.82) is 0 Å². The van der Waals surface area contributed by atoms with Crippen LogP contribution in [0.4, 0.5) is 5.69 Å². The Bertz CT molecular complexity index is 783. The van der Waals surface area contributed by atoms with Gasteiger partial charge in [0.25, 0.3) is 5.91 Å². The molecule has 0 bridgehead atoms. The predicted octanol–water partition coefficient (Wildman–Crippen LogP) is 3.37. The largest absolute Gasteiger partial charge is 0.396 e. The molecule has 2 heterocycles. The van der Waals surface area contributed by atoms with Gasteiger partial charge in [-0.15, -0.1) is 11.3 Å². The summed E-state index contributed by atoms with van der Waals surface area (Å²) in [5.41, 5.74) is 8.25. The first-order valence-electron chi connectivity index (χ1n) is 6.65. The molecule has 0 radical (unpaired) electrons. The van der Waals surface area contributed by atoms with Gasteiger partial charge in [0, 0.05) is 6.20 Å². The number of nitrogen functional groups attached to an aromatic ring is 1. The van der Waals surface area contributed by atoms with Crippen LogP contribution >= 0.6 is 11.3 Å². The number of rotatable bonds is 3. The monoisotopic (exact) mass is 297 g/mol. The molecule has 1 amide bonds. The summed E-state index contributed by atoms with van der Waals surface area (Å²) >= 11 is 1.37. The summed E-state index contributed by atoms with van der Waals surface area (Å²) in [7, 11) is 0. The topological polar surface area (TPSA) is 68.0 Å². The number of fused-ring (bicyclic) bond motifs is 1. The van der Waals surface area contributed by atoms with Crippen LogP contribution in [0.1, 0.15) is 28.2 Å². The minimum absolute atomic E-state index is 0.0729. The van der Waals surface area contributed by atoms with Crippen molar-refractivity contribution < 1.29 is 4.79 Å². The molecule has 0 fully saturated rings. The Labute approximate surface area is 126 Å². The predicted molar refractivity (Wildman–Crippen MR) is 86.4 cm³/mol. The lowest BCUT2D eigenvalue weighted by atomic mass is 10.1. The number of carbonyl (C=O) groups is 1. The maximum atomic E-state index is 12.4. The zero-order valence-electron chi connectivity index (χ0n) is 11.5. The van der Waals surface area contributed by atoms with Gasteiger partial charge in [-0.05, 0) is 24.6 Å². The van der Waals surface area contributed by atoms with Crippen LogP contribution in [0.25, 0.3) is 10.2 Å². The molecule has 2 aromatic heterocycles. The molecular weight excluding hydrogens is 282 g/mol. The molecule has 0 aliphatic rings. The van der Waals surface area contributed by atoms with E-state index in [1.165, 1.54) is 11.3 Å². The van der Waals surface area contributed by atoms with Gasteiger partial charge in [-0.2, -0.15) is 0 Å². The van der Waals surface area contributed by atoms with Crippen molar-refractivity contribution in [3.05, 3.63) is 59.1 Å². The number of nitrogens with zero attached hydrogens (tertiary/aromatic N) is 1. The number of benzene rings is 1. The van der Waals surface area contributed by atoms with E-state index in [-0.39, 0.29) is 11.9 Å². The van der Waals surface area contributed by atoms with Gasteiger partial charge in [0.1, 0.15) is 10.4 Å². The van der Waals surface area contributed by atoms with Gasteiger partial charge >= 0.3 is 0 Å². The van der Waals surface area contributed by atoms with Crippen LogP contribution in [0.3, 0.4) is 0 Å². The summed E-state index contributed by atoms with van der Waals surface area (Å²) in [5, 5.41) is 2.98. The maximum absolute atomic E-state index is 12.4. The number of carbonyl (C=O) groups excluding carboxylic acids is 1. The molecule has 5 heteroatoms. The Morgan fingerprint density at radius 2 is 2.00 bits per heavy atom. The first-order chi connectivity index (χ1) is 10.2. The number of thiophene rings is 1. The number of pyridine rings is 1. The third-order valence-corrected chi connectivity index (χ3v) is 4.49. The first kappa shape index (κ1) is 13.6. The van der Waals surface area contributed by atoms with Gasteiger partial charge in [-0.25, -0.2) is 0 Å². The summed E-state index contributed by atoms with van der Waals surface area (Å²) in [4.78, 5) is 17.2. The number of amides is 1. The normalized spacial score (nSPS) is 12.2. The minimum Gasteiger partial charge on any atom is -0.396 e. The number of hydrogen-bond acceptors (Lipinski definition) is 4. The number of anilines is 1. The fraction of sp³-hybridized carbons (Fsp3) is 0.125. The van der Waals surface area contributed by atoms with Gasteiger partial charge < -0.3 is 11.1 Å². The second-order valence-electron chi connectivity index (χ2n) is 4.80. The lowest BCUT2D eigenvalue weighted by molar-refractivity contribution is 0.0945. The molecule has 0 saturated carbocycles. The lowest BCUT2D eigenvalue weighted by Gasteiger charge is -2.13. The number of hydrogen-bond donors (Lipinski definition) is 2. The molecule has 3 aromatic rings. The van der Waals surface area contributed by atoms with Gasteiger partial charge in [0.15, 0.2) is 0 Å². The molecule has 0 aliphatic carbocycles. The molecular formula is C16H15N3OS. The molecule has 0 saturated heterocycles. The van der Waals surface area contributed by atoms with E-state index in [2.05, 4.69) is 10.3 Å². The van der Waals surface area contributed by atoms with Crippen LogP contribution in [0.5, 0.6) is 0 Å². The van der Waals surface area contributed by atoms with Crippen LogP contribution in [0.2, 0.25) is 0 Å². The van der Waals surface area contributed by atoms with Crippen molar-refractivity contribution in [1.82, 2.24) is 10.3 Å². The van der Waals surface area contributed by atoms with Crippen LogP contribution in [-0.4, -0.2) is 10.9 Å². The van der Waals surface area contributed by atoms with E-state index in [0.29, 0.717) is 16.1 Å². The summed E-state index contributed by atoms with van der Waals surface area (Å²) < 4.78 is 0.924. The Morgan fingerprint density at radius 1 is 1.24 bits per heavy atom. The van der Waals surface area contributed by atoms with Crippen molar-refractivity contribution in [2.45, 2.75) is 13.0 Å². The fourth-order valence-electron chi connectivity index (χ4n) is 2.20. The number of aromatic nitrogens is 1. The van der Waals surface area contributed by atoms with Crippen molar-refractivity contribution in [3.63, 3.8) is 0 Å². The fourth-order valence-corrected chi connectivity index (χ4v) is 3.19. The van der Waals surface area contributed by atoms with Crippen molar-refractivity contribution in [3.8, 4) is 0 Å². The third kappa shape index (κ3) is 2.60. The second-order valence-corrected chi connectivity index (χ2v) is 5.85. The van der Waals surface area contributed by atoms with Crippen LogP contribution < -0.4 is 11.1 Å². The van der Waals surface area contributed by atoms with Crippen LogP contribution in [-0.2, 0) is 0 Å². The Morgan fingerprint density at radius 3 is 2.71 bits per heavy atom. The highest BCUT2D eigenvalue weighted by Gasteiger charge is 2.18. The molecule has 0 aliphatic heterocycles. The minimum atomic E-state index is -0.160. The van der Waals surface area contributed by atoms with Gasteiger partial charge in [-0.3, -0.25) is 9.78 Å². The average Bonchev–Trinajstić information content (AvgIpc) is 2.86. The third-order valence-electron chi connectivity index (χ3n) is 3.34. The highest BCUT2D eigenvalue weighted by atomic mass is 32.1. The van der Waals surface area contributed by atoms with E-state index < -0.39 is 0 Å². The van der Waals surface area contributed by atoms with E-state index in [1.54, 1.807) is 6.20 Å². The lowest BCUT2D eigenvalue weighted by Crippen LogP contribution is -2.26. The Hall–Kier alpha value is -2.40. The summed E-state index contributed by atoms with van der Waals surface area (Å²) in [5.74, 6) is -0.160. The van der Waals surface area contributed by atoms with Crippen LogP contribution in [0, 0.1) is 0 Å². The molecule has 1 unspecified atom stereocenters. The van der Waals surface area contributed by atoms with E-state index in [0.717, 1.165) is 10.3 Å². The zero-order valence-corrected chi connectivity index (χ0v) is 12.4. The average molecular weight is 297 g/mol. The Kier molecular flexibility index (Phi) is 3.58. The van der Waals surface area contributed by atoms with E-state index in [9.17, 15) is 4.79 Å². The molecule has 1 atom stereocenters. The van der Waals surface area contributed by atoms with Crippen molar-refractivity contribution >= 4 is 33.1 Å². The van der Waals surface area contributed by atoms with E-state index in [1.807, 2.05) is 49.4 Å². The second kappa shape index (κ2) is 5.54. The maximum Gasteiger partial charge on any atom is 0.264 e. The highest BCUT2D eigenvalue weighted by molar-refractivity contribution is 7.21. The molecule has 106 valence electrons. The molecule has 3 rings (SSSR count). The Balaban J connectivity index is 1.86. The standard InChI is InChI=1S/C16H15N3OS/c1-10(11-6-3-2-4-7-11)19-16(20)15-13(17)14-12(21-15)8-5-9-18-14/h2-10H,17H2,1H3,(H,19,20). The smallest absolute Gasteiger partial charge is 0.264 e. The van der Waals surface area contributed by atoms with Gasteiger partial charge in [-0.1, -0.05) is 30.3 Å². The van der Waals surface area contributed by atoms with Crippen molar-refractivity contribution in [2.24, 2.45) is 0 Å². The zero-order chi connectivity index (χ0) is 14.8.